The second kappa shape index (κ2) is 4.05. The van der Waals surface area contributed by atoms with Crippen LogP contribution in [-0.4, -0.2) is 9.55 Å². The van der Waals surface area contributed by atoms with Crippen LogP contribution in [0.15, 0.2) is 36.4 Å². The molecule has 96 valence electrons. The van der Waals surface area contributed by atoms with Crippen LogP contribution in [-0.2, 0) is 0 Å². The van der Waals surface area contributed by atoms with E-state index in [1.165, 1.54) is 22.8 Å². The van der Waals surface area contributed by atoms with E-state index in [1.54, 1.807) is 6.07 Å². The molecule has 3 rings (SSSR count). The molecule has 0 atom stereocenters. The van der Waals surface area contributed by atoms with Crippen LogP contribution in [0.5, 0.6) is 0 Å². The molecule has 2 N–H and O–H groups in total. The summed E-state index contributed by atoms with van der Waals surface area (Å²) in [7, 11) is 0. The van der Waals surface area contributed by atoms with Crippen molar-refractivity contribution in [1.82, 2.24) is 9.55 Å². The molecule has 0 aliphatic heterocycles. The molecule has 0 spiro atoms. The van der Waals surface area contributed by atoms with Gasteiger partial charge in [-0.15, -0.1) is 0 Å². The molecule has 5 heteroatoms. The Balaban J connectivity index is 2.46. The molecular weight excluding hydrogens is 248 g/mol. The van der Waals surface area contributed by atoms with Gasteiger partial charge in [-0.3, -0.25) is 4.57 Å². The van der Waals surface area contributed by atoms with E-state index in [4.69, 9.17) is 5.73 Å². The Hall–Kier alpha value is -2.43. The molecule has 0 aliphatic rings. The first-order valence-corrected chi connectivity index (χ1v) is 5.77. The van der Waals surface area contributed by atoms with E-state index in [1.807, 2.05) is 19.1 Å². The van der Waals surface area contributed by atoms with Crippen molar-refractivity contribution in [2.45, 2.75) is 6.92 Å². The zero-order valence-electron chi connectivity index (χ0n) is 10.2. The predicted molar refractivity (Wildman–Crippen MR) is 70.1 cm³/mol. The van der Waals surface area contributed by atoms with Crippen LogP contribution in [0.2, 0.25) is 0 Å². The van der Waals surface area contributed by atoms with Crippen LogP contribution in [0.3, 0.4) is 0 Å². The molecule has 0 bridgehead atoms. The lowest BCUT2D eigenvalue weighted by Gasteiger charge is -2.10. The third kappa shape index (κ3) is 1.66. The highest BCUT2D eigenvalue weighted by Crippen LogP contribution is 2.28. The van der Waals surface area contributed by atoms with Crippen LogP contribution in [0, 0.1) is 18.6 Å². The van der Waals surface area contributed by atoms with Crippen LogP contribution in [0.1, 0.15) is 5.56 Å². The third-order valence-corrected chi connectivity index (χ3v) is 3.07. The number of hydrogen-bond donors (Lipinski definition) is 1. The highest BCUT2D eigenvalue weighted by Gasteiger charge is 2.18. The minimum absolute atomic E-state index is 0.0632. The fraction of sp³-hybridized carbons (Fsp3) is 0.0714. The molecule has 1 aromatic heterocycles. The molecule has 0 aliphatic carbocycles. The number of anilines is 1. The topological polar surface area (TPSA) is 43.8 Å². The lowest BCUT2D eigenvalue weighted by atomic mass is 10.2. The van der Waals surface area contributed by atoms with Crippen molar-refractivity contribution >= 4 is 17.0 Å². The molecule has 0 radical (unpaired) electrons. The van der Waals surface area contributed by atoms with Gasteiger partial charge in [-0.05, 0) is 30.7 Å². The monoisotopic (exact) mass is 259 g/mol. The number of nitrogen functional groups attached to an aromatic ring is 1. The van der Waals surface area contributed by atoms with Crippen LogP contribution < -0.4 is 5.73 Å². The first kappa shape index (κ1) is 11.6. The standard InChI is InChI=1S/C14H11F2N3/c1-8-4-2-7-11-12(8)19(14(17)18-11)13-9(15)5-3-6-10(13)16/h2-7H,1H3,(H2,17,18). The van der Waals surface area contributed by atoms with Gasteiger partial charge in [0, 0.05) is 0 Å². The van der Waals surface area contributed by atoms with Crippen molar-refractivity contribution in [2.75, 3.05) is 5.73 Å². The Labute approximate surface area is 108 Å². The summed E-state index contributed by atoms with van der Waals surface area (Å²) in [4.78, 5) is 4.14. The summed E-state index contributed by atoms with van der Waals surface area (Å²) in [5.41, 5.74) is 7.69. The van der Waals surface area contributed by atoms with Gasteiger partial charge in [-0.1, -0.05) is 18.2 Å². The minimum Gasteiger partial charge on any atom is -0.369 e. The summed E-state index contributed by atoms with van der Waals surface area (Å²) in [6, 6.07) is 9.14. The number of benzene rings is 2. The van der Waals surface area contributed by atoms with Gasteiger partial charge < -0.3 is 5.73 Å². The predicted octanol–water partition coefficient (Wildman–Crippen LogP) is 3.19. The molecule has 0 fully saturated rings. The fourth-order valence-electron chi connectivity index (χ4n) is 2.24. The molecule has 3 aromatic rings. The van der Waals surface area contributed by atoms with Crippen molar-refractivity contribution in [3.63, 3.8) is 0 Å². The number of nitrogens with two attached hydrogens (primary N) is 1. The van der Waals surface area contributed by atoms with E-state index in [0.717, 1.165) is 5.56 Å². The Bertz CT molecular complexity index is 757. The maximum Gasteiger partial charge on any atom is 0.206 e. The van der Waals surface area contributed by atoms with E-state index in [-0.39, 0.29) is 11.6 Å². The molecule has 0 saturated carbocycles. The van der Waals surface area contributed by atoms with E-state index in [2.05, 4.69) is 4.98 Å². The summed E-state index contributed by atoms with van der Waals surface area (Å²) in [6.45, 7) is 1.85. The van der Waals surface area contributed by atoms with E-state index in [9.17, 15) is 8.78 Å². The zero-order valence-corrected chi connectivity index (χ0v) is 10.2. The summed E-state index contributed by atoms with van der Waals surface area (Å²) in [5.74, 6) is -1.28. The molecule has 19 heavy (non-hydrogen) atoms. The normalized spacial score (nSPS) is 11.1. The maximum atomic E-state index is 13.9. The van der Waals surface area contributed by atoms with Gasteiger partial charge >= 0.3 is 0 Å². The van der Waals surface area contributed by atoms with Crippen molar-refractivity contribution in [2.24, 2.45) is 0 Å². The average molecular weight is 259 g/mol. The highest BCUT2D eigenvalue weighted by molar-refractivity contribution is 5.83. The SMILES string of the molecule is Cc1cccc2nc(N)n(-c3c(F)cccc3F)c12. The first-order chi connectivity index (χ1) is 9.09. The molecule has 0 amide bonds. The maximum absolute atomic E-state index is 13.9. The van der Waals surface area contributed by atoms with Crippen molar-refractivity contribution in [3.05, 3.63) is 53.6 Å². The van der Waals surface area contributed by atoms with Crippen molar-refractivity contribution < 1.29 is 8.78 Å². The van der Waals surface area contributed by atoms with E-state index in [0.29, 0.717) is 11.0 Å². The molecule has 3 nitrogen and oxygen atoms in total. The average Bonchev–Trinajstić information content (AvgIpc) is 2.67. The molecule has 0 unspecified atom stereocenters. The molecular formula is C14H11F2N3. The Morgan fingerprint density at radius 3 is 2.37 bits per heavy atom. The molecule has 0 saturated heterocycles. The lowest BCUT2D eigenvalue weighted by Crippen LogP contribution is -2.06. The van der Waals surface area contributed by atoms with E-state index >= 15 is 0 Å². The van der Waals surface area contributed by atoms with Crippen LogP contribution >= 0.6 is 0 Å². The Morgan fingerprint density at radius 2 is 1.68 bits per heavy atom. The van der Waals surface area contributed by atoms with Gasteiger partial charge in [0.1, 0.15) is 17.3 Å². The quantitative estimate of drug-likeness (QED) is 0.729. The van der Waals surface area contributed by atoms with Crippen molar-refractivity contribution in [1.29, 1.82) is 0 Å². The van der Waals surface area contributed by atoms with Crippen LogP contribution in [0.4, 0.5) is 14.7 Å². The van der Waals surface area contributed by atoms with Gasteiger partial charge in [0.2, 0.25) is 5.95 Å². The van der Waals surface area contributed by atoms with Gasteiger partial charge in [0.15, 0.2) is 0 Å². The minimum atomic E-state index is -0.672. The summed E-state index contributed by atoms with van der Waals surface area (Å²) in [6.07, 6.45) is 0. The summed E-state index contributed by atoms with van der Waals surface area (Å²) in [5, 5.41) is 0. The number of halogens is 2. The van der Waals surface area contributed by atoms with Gasteiger partial charge in [0.05, 0.1) is 11.0 Å². The largest absolute Gasteiger partial charge is 0.369 e. The summed E-state index contributed by atoms with van der Waals surface area (Å²) < 4.78 is 29.1. The van der Waals surface area contributed by atoms with Crippen LogP contribution in [0.25, 0.3) is 16.7 Å². The van der Waals surface area contributed by atoms with E-state index < -0.39 is 11.6 Å². The smallest absolute Gasteiger partial charge is 0.206 e. The molecule has 1 heterocycles. The number of aryl methyl sites for hydroxylation is 1. The third-order valence-electron chi connectivity index (χ3n) is 3.07. The zero-order chi connectivity index (χ0) is 13.6. The van der Waals surface area contributed by atoms with Crippen molar-refractivity contribution in [3.8, 4) is 5.69 Å². The lowest BCUT2D eigenvalue weighted by molar-refractivity contribution is 0.572. The Kier molecular flexibility index (Phi) is 2.48. The second-order valence-corrected chi connectivity index (χ2v) is 4.32. The second-order valence-electron chi connectivity index (χ2n) is 4.32. The Morgan fingerprint density at radius 1 is 1.05 bits per heavy atom. The number of fused-ring (bicyclic) bond motifs is 1. The fourth-order valence-corrected chi connectivity index (χ4v) is 2.24. The highest BCUT2D eigenvalue weighted by atomic mass is 19.1. The number of rotatable bonds is 1. The number of nitrogens with zero attached hydrogens (tertiary/aromatic N) is 2. The number of aromatic nitrogens is 2. The van der Waals surface area contributed by atoms with Gasteiger partial charge in [0.25, 0.3) is 0 Å². The number of imidazole rings is 1. The van der Waals surface area contributed by atoms with Gasteiger partial charge in [-0.2, -0.15) is 0 Å². The molecule has 2 aromatic carbocycles. The summed E-state index contributed by atoms with van der Waals surface area (Å²) >= 11 is 0. The number of para-hydroxylation sites is 2. The first-order valence-electron chi connectivity index (χ1n) is 5.77. The number of hydrogen-bond acceptors (Lipinski definition) is 2. The van der Waals surface area contributed by atoms with Gasteiger partial charge in [-0.25, -0.2) is 13.8 Å².